The standard InChI is InChI=1S/C26H22O5/c1-2-22(26(29)30)16-6-10-21(11-7-16)31-25-23(17-4-3-5-19(27)14-17)12-8-18-15-20(28)9-13-24(18)25/h3-15,22,27-28H,2H2,1H3,(H,29,30). The molecule has 4 rings (SSSR count). The summed E-state index contributed by atoms with van der Waals surface area (Å²) < 4.78 is 6.28. The molecule has 31 heavy (non-hydrogen) atoms. The molecule has 4 aromatic rings. The highest BCUT2D eigenvalue weighted by molar-refractivity contribution is 5.96. The van der Waals surface area contributed by atoms with Crippen molar-refractivity contribution in [2.75, 3.05) is 0 Å². The highest BCUT2D eigenvalue weighted by atomic mass is 16.5. The molecular formula is C26H22O5. The number of phenols is 2. The van der Waals surface area contributed by atoms with Gasteiger partial charge in [0, 0.05) is 10.9 Å². The summed E-state index contributed by atoms with van der Waals surface area (Å²) in [5.74, 6) is 0.0470. The van der Waals surface area contributed by atoms with Crippen molar-refractivity contribution in [3.8, 4) is 34.1 Å². The van der Waals surface area contributed by atoms with Crippen molar-refractivity contribution >= 4 is 16.7 Å². The van der Waals surface area contributed by atoms with E-state index in [0.717, 1.165) is 27.5 Å². The van der Waals surface area contributed by atoms with Gasteiger partial charge in [-0.2, -0.15) is 0 Å². The van der Waals surface area contributed by atoms with Crippen LogP contribution in [0.3, 0.4) is 0 Å². The van der Waals surface area contributed by atoms with Crippen LogP contribution < -0.4 is 4.74 Å². The largest absolute Gasteiger partial charge is 0.508 e. The molecule has 0 aromatic heterocycles. The van der Waals surface area contributed by atoms with E-state index in [1.165, 1.54) is 0 Å². The number of carboxylic acid groups (broad SMARTS) is 1. The van der Waals surface area contributed by atoms with E-state index in [1.807, 2.05) is 25.1 Å². The molecule has 0 bridgehead atoms. The minimum atomic E-state index is -0.851. The first-order valence-corrected chi connectivity index (χ1v) is 10.0. The molecule has 4 aromatic carbocycles. The fourth-order valence-electron chi connectivity index (χ4n) is 3.74. The number of rotatable bonds is 6. The van der Waals surface area contributed by atoms with Gasteiger partial charge in [0.25, 0.3) is 0 Å². The molecule has 0 aliphatic carbocycles. The van der Waals surface area contributed by atoms with Gasteiger partial charge in [-0.3, -0.25) is 4.79 Å². The van der Waals surface area contributed by atoms with Crippen molar-refractivity contribution in [3.05, 3.63) is 84.4 Å². The molecule has 156 valence electrons. The third-order valence-electron chi connectivity index (χ3n) is 5.32. The van der Waals surface area contributed by atoms with Crippen LogP contribution in [0.15, 0.2) is 78.9 Å². The van der Waals surface area contributed by atoms with Gasteiger partial charge in [0.05, 0.1) is 5.92 Å². The molecule has 0 saturated carbocycles. The number of hydrogen-bond acceptors (Lipinski definition) is 4. The molecule has 0 radical (unpaired) electrons. The van der Waals surface area contributed by atoms with E-state index in [-0.39, 0.29) is 11.5 Å². The Balaban J connectivity index is 1.80. The van der Waals surface area contributed by atoms with Gasteiger partial charge in [0.15, 0.2) is 0 Å². The van der Waals surface area contributed by atoms with Crippen molar-refractivity contribution < 1.29 is 24.9 Å². The lowest BCUT2D eigenvalue weighted by atomic mass is 9.96. The summed E-state index contributed by atoms with van der Waals surface area (Å²) in [6.07, 6.45) is 0.504. The number of aliphatic carboxylic acids is 1. The molecule has 0 aliphatic heterocycles. The van der Waals surface area contributed by atoms with Crippen LogP contribution in [-0.2, 0) is 4.79 Å². The Morgan fingerprint density at radius 1 is 0.903 bits per heavy atom. The fourth-order valence-corrected chi connectivity index (χ4v) is 3.74. The molecule has 0 aliphatic rings. The second-order valence-corrected chi connectivity index (χ2v) is 7.37. The van der Waals surface area contributed by atoms with Crippen LogP contribution in [-0.4, -0.2) is 21.3 Å². The van der Waals surface area contributed by atoms with Crippen molar-refractivity contribution in [2.24, 2.45) is 0 Å². The van der Waals surface area contributed by atoms with Gasteiger partial charge in [0.2, 0.25) is 0 Å². The number of hydrogen-bond donors (Lipinski definition) is 3. The maximum absolute atomic E-state index is 11.4. The molecular weight excluding hydrogens is 392 g/mol. The first-order valence-electron chi connectivity index (χ1n) is 10.0. The monoisotopic (exact) mass is 414 g/mol. The Hall–Kier alpha value is -3.99. The van der Waals surface area contributed by atoms with E-state index in [4.69, 9.17) is 4.74 Å². The SMILES string of the molecule is CCC(C(=O)O)c1ccc(Oc2c(-c3cccc(O)c3)ccc3cc(O)ccc23)cc1. The summed E-state index contributed by atoms with van der Waals surface area (Å²) >= 11 is 0. The number of ether oxygens (including phenoxy) is 1. The molecule has 0 spiro atoms. The van der Waals surface area contributed by atoms with Gasteiger partial charge < -0.3 is 20.1 Å². The summed E-state index contributed by atoms with van der Waals surface area (Å²) in [6.45, 7) is 1.84. The van der Waals surface area contributed by atoms with Gasteiger partial charge in [-0.15, -0.1) is 0 Å². The molecule has 3 N–H and O–H groups in total. The second-order valence-electron chi connectivity index (χ2n) is 7.37. The summed E-state index contributed by atoms with van der Waals surface area (Å²) in [5.41, 5.74) is 2.30. The van der Waals surface area contributed by atoms with Crippen LogP contribution in [0.25, 0.3) is 21.9 Å². The number of carboxylic acids is 1. The third kappa shape index (κ3) is 4.16. The lowest BCUT2D eigenvalue weighted by molar-refractivity contribution is -0.138. The van der Waals surface area contributed by atoms with Crippen molar-refractivity contribution in [1.82, 2.24) is 0 Å². The maximum atomic E-state index is 11.4. The summed E-state index contributed by atoms with van der Waals surface area (Å²) in [5, 5.41) is 30.8. The van der Waals surface area contributed by atoms with Crippen molar-refractivity contribution in [3.63, 3.8) is 0 Å². The Labute approximate surface area is 179 Å². The fraction of sp³-hybridized carbons (Fsp3) is 0.115. The van der Waals surface area contributed by atoms with Gasteiger partial charge in [-0.1, -0.05) is 37.3 Å². The number of fused-ring (bicyclic) bond motifs is 1. The first-order chi connectivity index (χ1) is 15.0. The molecule has 5 heteroatoms. The van der Waals surface area contributed by atoms with E-state index in [1.54, 1.807) is 60.7 Å². The zero-order chi connectivity index (χ0) is 22.0. The van der Waals surface area contributed by atoms with E-state index < -0.39 is 11.9 Å². The lowest BCUT2D eigenvalue weighted by Crippen LogP contribution is -2.10. The maximum Gasteiger partial charge on any atom is 0.310 e. The van der Waals surface area contributed by atoms with Gasteiger partial charge in [-0.25, -0.2) is 0 Å². The lowest BCUT2D eigenvalue weighted by Gasteiger charge is -2.16. The van der Waals surface area contributed by atoms with Crippen molar-refractivity contribution in [2.45, 2.75) is 19.3 Å². The summed E-state index contributed by atoms with van der Waals surface area (Å²) in [4.78, 5) is 11.4. The van der Waals surface area contributed by atoms with E-state index in [2.05, 4.69) is 0 Å². The summed E-state index contributed by atoms with van der Waals surface area (Å²) in [7, 11) is 0. The third-order valence-corrected chi connectivity index (χ3v) is 5.32. The van der Waals surface area contributed by atoms with Crippen LogP contribution in [0.5, 0.6) is 23.0 Å². The molecule has 1 unspecified atom stereocenters. The number of carbonyl (C=O) groups is 1. The van der Waals surface area contributed by atoms with Crippen LogP contribution in [0, 0.1) is 0 Å². The molecule has 5 nitrogen and oxygen atoms in total. The average Bonchev–Trinajstić information content (AvgIpc) is 2.75. The number of aromatic hydroxyl groups is 2. The van der Waals surface area contributed by atoms with Gasteiger partial charge >= 0.3 is 5.97 Å². The molecule has 0 amide bonds. The van der Waals surface area contributed by atoms with E-state index in [9.17, 15) is 20.1 Å². The smallest absolute Gasteiger partial charge is 0.310 e. The van der Waals surface area contributed by atoms with Gasteiger partial charge in [0.1, 0.15) is 23.0 Å². The predicted molar refractivity (Wildman–Crippen MR) is 120 cm³/mol. The van der Waals surface area contributed by atoms with Crippen LogP contribution in [0.4, 0.5) is 0 Å². The number of phenolic OH excluding ortho intramolecular Hbond substituents is 2. The molecule has 0 fully saturated rings. The number of benzene rings is 4. The Morgan fingerprint density at radius 3 is 2.32 bits per heavy atom. The second kappa shape index (κ2) is 8.40. The average molecular weight is 414 g/mol. The van der Waals surface area contributed by atoms with Crippen LogP contribution >= 0.6 is 0 Å². The Kier molecular flexibility index (Phi) is 5.50. The molecule has 0 saturated heterocycles. The minimum absolute atomic E-state index is 0.151. The van der Waals surface area contributed by atoms with Crippen molar-refractivity contribution in [1.29, 1.82) is 0 Å². The van der Waals surface area contributed by atoms with E-state index >= 15 is 0 Å². The Morgan fingerprint density at radius 2 is 1.65 bits per heavy atom. The minimum Gasteiger partial charge on any atom is -0.508 e. The zero-order valence-electron chi connectivity index (χ0n) is 16.9. The zero-order valence-corrected chi connectivity index (χ0v) is 16.9. The highest BCUT2D eigenvalue weighted by Gasteiger charge is 2.18. The Bertz CT molecular complexity index is 1240. The van der Waals surface area contributed by atoms with Crippen LogP contribution in [0.2, 0.25) is 0 Å². The highest BCUT2D eigenvalue weighted by Crippen LogP contribution is 2.41. The quantitative estimate of drug-likeness (QED) is 0.345. The predicted octanol–water partition coefficient (Wildman–Crippen LogP) is 6.29. The normalized spacial score (nSPS) is 11.9. The topological polar surface area (TPSA) is 87.0 Å². The molecule has 1 atom stereocenters. The molecule has 0 heterocycles. The van der Waals surface area contributed by atoms with E-state index in [0.29, 0.717) is 17.9 Å². The summed E-state index contributed by atoms with van der Waals surface area (Å²) in [6, 6.07) is 22.8. The van der Waals surface area contributed by atoms with Gasteiger partial charge in [-0.05, 0) is 71.5 Å². The van der Waals surface area contributed by atoms with Crippen LogP contribution in [0.1, 0.15) is 24.8 Å². The first kappa shape index (κ1) is 20.3.